The van der Waals surface area contributed by atoms with Crippen molar-refractivity contribution in [2.45, 2.75) is 6.92 Å². The van der Waals surface area contributed by atoms with Gasteiger partial charge in [0.25, 0.3) is 0 Å². The Balaban J connectivity index is 2.09. The number of rotatable bonds is 5. The highest BCUT2D eigenvalue weighted by molar-refractivity contribution is 5.88. The van der Waals surface area contributed by atoms with Crippen LogP contribution < -0.4 is 5.32 Å². The molecular formula is C16H14N4O3. The van der Waals surface area contributed by atoms with E-state index in [2.05, 4.69) is 15.4 Å². The van der Waals surface area contributed by atoms with Gasteiger partial charge in [-0.25, -0.2) is 14.3 Å². The number of nitrogens with zero attached hydrogens (tertiary/aromatic N) is 3. The molecule has 0 saturated carbocycles. The molecule has 0 aliphatic heterocycles. The van der Waals surface area contributed by atoms with Crippen LogP contribution in [0.5, 0.6) is 0 Å². The molecule has 0 saturated heterocycles. The number of amides is 1. The number of carbonyl (C=O) groups is 2. The van der Waals surface area contributed by atoms with Crippen LogP contribution in [0.15, 0.2) is 42.6 Å². The van der Waals surface area contributed by atoms with Crippen LogP contribution >= 0.6 is 0 Å². The van der Waals surface area contributed by atoms with E-state index in [0.717, 1.165) is 11.3 Å². The predicted molar refractivity (Wildman–Crippen MR) is 84.1 cm³/mol. The molecule has 0 radical (unpaired) electrons. The molecule has 0 aliphatic carbocycles. The summed E-state index contributed by atoms with van der Waals surface area (Å²) in [6.07, 6.45) is 2.26. The topological polar surface area (TPSA) is 85.6 Å². The van der Waals surface area contributed by atoms with Crippen molar-refractivity contribution in [3.8, 4) is 11.3 Å². The molecule has 0 bridgehead atoms. The van der Waals surface area contributed by atoms with Crippen molar-refractivity contribution in [2.24, 2.45) is 0 Å². The lowest BCUT2D eigenvalue weighted by atomic mass is 10.1. The molecule has 23 heavy (non-hydrogen) atoms. The van der Waals surface area contributed by atoms with E-state index in [1.54, 1.807) is 35.8 Å². The zero-order valence-corrected chi connectivity index (χ0v) is 12.4. The Labute approximate surface area is 131 Å². The van der Waals surface area contributed by atoms with Crippen molar-refractivity contribution in [3.05, 3.63) is 48.3 Å². The van der Waals surface area contributed by atoms with Gasteiger partial charge in [-0.3, -0.25) is 4.79 Å². The van der Waals surface area contributed by atoms with Gasteiger partial charge < -0.3 is 10.1 Å². The van der Waals surface area contributed by atoms with Crippen molar-refractivity contribution in [1.29, 1.82) is 0 Å². The minimum atomic E-state index is -0.486. The van der Waals surface area contributed by atoms with Gasteiger partial charge in [0.05, 0.1) is 12.3 Å². The van der Waals surface area contributed by atoms with Crippen molar-refractivity contribution in [2.75, 3.05) is 11.9 Å². The quantitative estimate of drug-likeness (QED) is 0.576. The van der Waals surface area contributed by atoms with Crippen LogP contribution in [0.25, 0.3) is 16.9 Å². The van der Waals surface area contributed by atoms with Crippen LogP contribution in [-0.2, 0) is 9.53 Å². The molecular weight excluding hydrogens is 296 g/mol. The van der Waals surface area contributed by atoms with E-state index >= 15 is 0 Å². The van der Waals surface area contributed by atoms with Crippen molar-refractivity contribution in [3.63, 3.8) is 0 Å². The minimum Gasteiger partial charge on any atom is -0.461 e. The summed E-state index contributed by atoms with van der Waals surface area (Å²) >= 11 is 0. The van der Waals surface area contributed by atoms with Crippen LogP contribution in [0, 0.1) is 0 Å². The summed E-state index contributed by atoms with van der Waals surface area (Å²) in [6, 6.07) is 10.7. The number of benzene rings is 1. The van der Waals surface area contributed by atoms with Crippen LogP contribution in [0.2, 0.25) is 0 Å². The third-order valence-corrected chi connectivity index (χ3v) is 3.23. The summed E-state index contributed by atoms with van der Waals surface area (Å²) in [5, 5.41) is 6.88. The zero-order valence-electron chi connectivity index (χ0n) is 12.4. The summed E-state index contributed by atoms with van der Waals surface area (Å²) in [6.45, 7) is 2.02. The highest BCUT2D eigenvalue weighted by Crippen LogP contribution is 2.23. The molecule has 1 N–H and O–H groups in total. The van der Waals surface area contributed by atoms with Crippen molar-refractivity contribution >= 4 is 23.7 Å². The molecule has 7 nitrogen and oxygen atoms in total. The van der Waals surface area contributed by atoms with Gasteiger partial charge >= 0.3 is 5.97 Å². The zero-order chi connectivity index (χ0) is 16.2. The molecule has 0 fully saturated rings. The monoisotopic (exact) mass is 310 g/mol. The minimum absolute atomic E-state index is 0.203. The van der Waals surface area contributed by atoms with Gasteiger partial charge in [0, 0.05) is 23.5 Å². The lowest BCUT2D eigenvalue weighted by Gasteiger charge is -2.06. The maximum atomic E-state index is 11.8. The van der Waals surface area contributed by atoms with Crippen LogP contribution in [0.3, 0.4) is 0 Å². The highest BCUT2D eigenvalue weighted by atomic mass is 16.5. The second kappa shape index (κ2) is 6.27. The number of nitrogens with one attached hydrogen (secondary N) is 1. The molecule has 7 heteroatoms. The summed E-state index contributed by atoms with van der Waals surface area (Å²) < 4.78 is 6.54. The molecule has 2 aromatic heterocycles. The summed E-state index contributed by atoms with van der Waals surface area (Å²) in [7, 11) is 0. The fourth-order valence-electron chi connectivity index (χ4n) is 2.25. The number of ether oxygens (including phenoxy) is 1. The van der Waals surface area contributed by atoms with Gasteiger partial charge in [-0.15, -0.1) is 0 Å². The molecule has 2 heterocycles. The summed E-state index contributed by atoms with van der Waals surface area (Å²) in [4.78, 5) is 26.6. The summed E-state index contributed by atoms with van der Waals surface area (Å²) in [5.74, 6) is -0.486. The Morgan fingerprint density at radius 3 is 3.00 bits per heavy atom. The maximum absolute atomic E-state index is 11.8. The van der Waals surface area contributed by atoms with E-state index in [-0.39, 0.29) is 12.3 Å². The summed E-state index contributed by atoms with van der Waals surface area (Å²) in [5.41, 5.74) is 3.00. The first kappa shape index (κ1) is 14.7. The van der Waals surface area contributed by atoms with Crippen molar-refractivity contribution in [1.82, 2.24) is 14.6 Å². The van der Waals surface area contributed by atoms with Gasteiger partial charge in [-0.2, -0.15) is 5.10 Å². The SMILES string of the molecule is CCOC(=O)c1cc2nccc(-c3cccc(NC=O)c3)n2n1. The largest absolute Gasteiger partial charge is 0.461 e. The third-order valence-electron chi connectivity index (χ3n) is 3.23. The lowest BCUT2D eigenvalue weighted by Crippen LogP contribution is -2.05. The average Bonchev–Trinajstić information content (AvgIpc) is 3.00. The maximum Gasteiger partial charge on any atom is 0.358 e. The third kappa shape index (κ3) is 2.89. The van der Waals surface area contributed by atoms with E-state index in [4.69, 9.17) is 4.74 Å². The number of carbonyl (C=O) groups excluding carboxylic acids is 2. The number of hydrogen-bond acceptors (Lipinski definition) is 5. The smallest absolute Gasteiger partial charge is 0.358 e. The fraction of sp³-hybridized carbons (Fsp3) is 0.125. The number of hydrogen-bond donors (Lipinski definition) is 1. The molecule has 3 aromatic rings. The van der Waals surface area contributed by atoms with Crippen molar-refractivity contribution < 1.29 is 14.3 Å². The first-order valence-corrected chi connectivity index (χ1v) is 7.05. The van der Waals surface area contributed by atoms with E-state index in [1.165, 1.54) is 0 Å². The van der Waals surface area contributed by atoms with E-state index in [1.807, 2.05) is 18.2 Å². The van der Waals surface area contributed by atoms with Gasteiger partial charge in [0.15, 0.2) is 11.3 Å². The normalized spacial score (nSPS) is 10.5. The van der Waals surface area contributed by atoms with Gasteiger partial charge in [0.1, 0.15) is 0 Å². The van der Waals surface area contributed by atoms with E-state index < -0.39 is 5.97 Å². The second-order valence-electron chi connectivity index (χ2n) is 4.69. The standard InChI is InChI=1S/C16H14N4O3/c1-2-23-16(22)13-9-15-17-7-6-14(20(15)19-13)11-4-3-5-12(8-11)18-10-21/h3-10H,2H2,1H3,(H,18,21). The van der Waals surface area contributed by atoms with Gasteiger partial charge in [-0.05, 0) is 25.1 Å². The molecule has 116 valence electrons. The molecule has 0 unspecified atom stereocenters. The Kier molecular flexibility index (Phi) is 4.01. The molecule has 0 aliphatic rings. The van der Waals surface area contributed by atoms with E-state index in [9.17, 15) is 9.59 Å². The molecule has 1 aromatic carbocycles. The Morgan fingerprint density at radius 2 is 2.22 bits per heavy atom. The van der Waals surface area contributed by atoms with Crippen LogP contribution in [0.4, 0.5) is 5.69 Å². The molecule has 0 atom stereocenters. The molecule has 0 spiro atoms. The number of aromatic nitrogens is 3. The number of fused-ring (bicyclic) bond motifs is 1. The average molecular weight is 310 g/mol. The highest BCUT2D eigenvalue weighted by Gasteiger charge is 2.14. The van der Waals surface area contributed by atoms with Crippen LogP contribution in [0.1, 0.15) is 17.4 Å². The predicted octanol–water partition coefficient (Wildman–Crippen LogP) is 2.14. The van der Waals surface area contributed by atoms with E-state index in [0.29, 0.717) is 17.7 Å². The lowest BCUT2D eigenvalue weighted by molar-refractivity contribution is -0.105. The Bertz CT molecular complexity index is 873. The Hall–Kier alpha value is -3.22. The first-order valence-electron chi connectivity index (χ1n) is 7.05. The van der Waals surface area contributed by atoms with Gasteiger partial charge in [0.2, 0.25) is 6.41 Å². The second-order valence-corrected chi connectivity index (χ2v) is 4.69. The molecule has 3 rings (SSSR count). The fourth-order valence-corrected chi connectivity index (χ4v) is 2.25. The molecule has 1 amide bonds. The van der Waals surface area contributed by atoms with Crippen LogP contribution in [-0.4, -0.2) is 33.6 Å². The Morgan fingerprint density at radius 1 is 1.35 bits per heavy atom. The number of esters is 1. The number of anilines is 1. The van der Waals surface area contributed by atoms with Gasteiger partial charge in [-0.1, -0.05) is 12.1 Å². The first-order chi connectivity index (χ1) is 11.2.